The molecular weight excluding hydrogens is 222 g/mol. The molecule has 1 unspecified atom stereocenters. The summed E-state index contributed by atoms with van der Waals surface area (Å²) in [4.78, 5) is 1.45. The third-order valence-corrected chi connectivity index (χ3v) is 4.26. The summed E-state index contributed by atoms with van der Waals surface area (Å²) in [7, 11) is 0. The van der Waals surface area contributed by atoms with Gasteiger partial charge in [-0.1, -0.05) is 12.1 Å². The van der Waals surface area contributed by atoms with Crippen molar-refractivity contribution in [2.75, 3.05) is 11.5 Å². The zero-order valence-corrected chi connectivity index (χ0v) is 10.5. The van der Waals surface area contributed by atoms with E-state index in [1.165, 1.54) is 34.6 Å². The lowest BCUT2D eigenvalue weighted by Gasteiger charge is -2.18. The van der Waals surface area contributed by atoms with Crippen molar-refractivity contribution < 1.29 is 0 Å². The molecule has 0 spiro atoms. The van der Waals surface area contributed by atoms with Gasteiger partial charge in [0.15, 0.2) is 0 Å². The van der Waals surface area contributed by atoms with Crippen LogP contribution in [0.25, 0.3) is 0 Å². The van der Waals surface area contributed by atoms with E-state index in [0.717, 1.165) is 12.2 Å². The molecule has 1 heterocycles. The number of nitrogens with two attached hydrogens (primary N) is 1. The van der Waals surface area contributed by atoms with Gasteiger partial charge in [-0.25, -0.2) is 0 Å². The lowest BCUT2D eigenvalue weighted by Crippen LogP contribution is -2.12. The smallest absolute Gasteiger partial charge is 0.0302 e. The lowest BCUT2D eigenvalue weighted by molar-refractivity contribution is 0.702. The van der Waals surface area contributed by atoms with Gasteiger partial charge in [0.1, 0.15) is 0 Å². The summed E-state index contributed by atoms with van der Waals surface area (Å²) < 4.78 is 0. The number of thiol groups is 1. The minimum Gasteiger partial charge on any atom is -0.324 e. The quantitative estimate of drug-likeness (QED) is 0.793. The van der Waals surface area contributed by atoms with E-state index in [0.29, 0.717) is 0 Å². The van der Waals surface area contributed by atoms with Crippen molar-refractivity contribution in [1.29, 1.82) is 0 Å². The Labute approximate surface area is 101 Å². The van der Waals surface area contributed by atoms with Crippen molar-refractivity contribution in [3.05, 3.63) is 29.3 Å². The van der Waals surface area contributed by atoms with Crippen molar-refractivity contribution in [3.63, 3.8) is 0 Å². The summed E-state index contributed by atoms with van der Waals surface area (Å²) >= 11 is 6.19. The van der Waals surface area contributed by atoms with E-state index in [-0.39, 0.29) is 6.04 Å². The molecule has 1 aliphatic heterocycles. The van der Waals surface area contributed by atoms with Crippen LogP contribution in [-0.2, 0) is 6.42 Å². The maximum Gasteiger partial charge on any atom is 0.0302 e. The Morgan fingerprint density at radius 1 is 1.47 bits per heavy atom. The van der Waals surface area contributed by atoms with Crippen LogP contribution < -0.4 is 5.73 Å². The molecule has 2 N–H and O–H groups in total. The van der Waals surface area contributed by atoms with E-state index in [4.69, 9.17) is 5.73 Å². The molecule has 1 nitrogen and oxygen atoms in total. The van der Waals surface area contributed by atoms with Crippen LogP contribution in [0.4, 0.5) is 0 Å². The zero-order chi connectivity index (χ0) is 10.7. The summed E-state index contributed by atoms with van der Waals surface area (Å²) in [6.45, 7) is 0. The second-order valence-corrected chi connectivity index (χ2v) is 5.52. The fourth-order valence-electron chi connectivity index (χ4n) is 1.92. The molecule has 82 valence electrons. The highest BCUT2D eigenvalue weighted by Crippen LogP contribution is 2.31. The van der Waals surface area contributed by atoms with Crippen molar-refractivity contribution >= 4 is 24.4 Å². The molecule has 1 aliphatic rings. The van der Waals surface area contributed by atoms with Gasteiger partial charge in [0, 0.05) is 10.9 Å². The molecule has 0 aromatic heterocycles. The summed E-state index contributed by atoms with van der Waals surface area (Å²) in [5.74, 6) is 2.11. The summed E-state index contributed by atoms with van der Waals surface area (Å²) in [6.07, 6.45) is 3.46. The van der Waals surface area contributed by atoms with Gasteiger partial charge < -0.3 is 5.73 Å². The minimum absolute atomic E-state index is 0.153. The third kappa shape index (κ3) is 2.71. The first-order chi connectivity index (χ1) is 7.31. The Morgan fingerprint density at radius 2 is 2.33 bits per heavy atom. The minimum atomic E-state index is 0.153. The predicted molar refractivity (Wildman–Crippen MR) is 70.9 cm³/mol. The van der Waals surface area contributed by atoms with Gasteiger partial charge in [-0.2, -0.15) is 12.6 Å². The van der Waals surface area contributed by atoms with Crippen molar-refractivity contribution in [2.45, 2.75) is 30.2 Å². The predicted octanol–water partition coefficient (Wildman–Crippen LogP) is 3.04. The van der Waals surface area contributed by atoms with Gasteiger partial charge in [-0.3, -0.25) is 0 Å². The summed E-state index contributed by atoms with van der Waals surface area (Å²) in [6, 6.07) is 6.84. The zero-order valence-electron chi connectivity index (χ0n) is 8.78. The molecule has 0 saturated heterocycles. The van der Waals surface area contributed by atoms with Gasteiger partial charge in [-0.15, -0.1) is 11.8 Å². The van der Waals surface area contributed by atoms with Gasteiger partial charge in [0.2, 0.25) is 0 Å². The molecule has 0 amide bonds. The highest BCUT2D eigenvalue weighted by atomic mass is 32.2. The van der Waals surface area contributed by atoms with Crippen LogP contribution in [0.5, 0.6) is 0 Å². The first-order valence-electron chi connectivity index (χ1n) is 5.43. The van der Waals surface area contributed by atoms with Gasteiger partial charge in [0.25, 0.3) is 0 Å². The van der Waals surface area contributed by atoms with Gasteiger partial charge in [-0.05, 0) is 48.0 Å². The van der Waals surface area contributed by atoms with Crippen molar-refractivity contribution in [2.24, 2.45) is 5.73 Å². The molecule has 0 bridgehead atoms. The van der Waals surface area contributed by atoms with E-state index in [1.54, 1.807) is 0 Å². The molecule has 15 heavy (non-hydrogen) atoms. The Kier molecular flexibility index (Phi) is 4.00. The van der Waals surface area contributed by atoms with Crippen molar-refractivity contribution in [3.8, 4) is 0 Å². The maximum atomic E-state index is 6.08. The van der Waals surface area contributed by atoms with E-state index in [9.17, 15) is 0 Å². The molecule has 2 rings (SSSR count). The second-order valence-electron chi connectivity index (χ2n) is 3.94. The molecule has 0 saturated carbocycles. The number of rotatable bonds is 3. The average molecular weight is 239 g/mol. The Hall–Kier alpha value is -0.120. The first kappa shape index (κ1) is 11.4. The van der Waals surface area contributed by atoms with Crippen LogP contribution in [0.3, 0.4) is 0 Å². The lowest BCUT2D eigenvalue weighted by atomic mass is 10.0. The van der Waals surface area contributed by atoms with Gasteiger partial charge in [0.05, 0.1) is 0 Å². The fourth-order valence-corrected chi connectivity index (χ4v) is 3.21. The number of hydrogen-bond donors (Lipinski definition) is 2. The van der Waals surface area contributed by atoms with E-state index >= 15 is 0 Å². The Bertz CT molecular complexity index is 338. The molecule has 3 heteroatoms. The summed E-state index contributed by atoms with van der Waals surface area (Å²) in [5, 5.41) is 0. The van der Waals surface area contributed by atoms with E-state index < -0.39 is 0 Å². The van der Waals surface area contributed by atoms with Crippen LogP contribution in [0.15, 0.2) is 23.1 Å². The standard InChI is InChI=1S/C12H17NS2/c13-11(5-6-14)9-3-4-12-10(8-9)2-1-7-15-12/h3-4,8,11,14H,1-2,5-7,13H2. The Balaban J connectivity index is 2.20. The maximum absolute atomic E-state index is 6.08. The number of aryl methyl sites for hydroxylation is 1. The SMILES string of the molecule is NC(CCS)c1ccc2c(c1)CCCS2. The van der Waals surface area contributed by atoms with E-state index in [1.807, 2.05) is 11.8 Å². The van der Waals surface area contributed by atoms with Crippen LogP contribution in [-0.4, -0.2) is 11.5 Å². The number of fused-ring (bicyclic) bond motifs is 1. The molecule has 0 aliphatic carbocycles. The topological polar surface area (TPSA) is 26.0 Å². The molecule has 0 fully saturated rings. The average Bonchev–Trinajstić information content (AvgIpc) is 2.29. The Morgan fingerprint density at radius 3 is 3.13 bits per heavy atom. The summed E-state index contributed by atoms with van der Waals surface area (Å²) in [5.41, 5.74) is 8.84. The van der Waals surface area contributed by atoms with Crippen molar-refractivity contribution in [1.82, 2.24) is 0 Å². The molecule has 1 aromatic rings. The van der Waals surface area contributed by atoms with Crippen LogP contribution >= 0.6 is 24.4 Å². The first-order valence-corrected chi connectivity index (χ1v) is 7.05. The fraction of sp³-hybridized carbons (Fsp3) is 0.500. The molecular formula is C12H17NS2. The van der Waals surface area contributed by atoms with Crippen LogP contribution in [0.1, 0.15) is 30.0 Å². The van der Waals surface area contributed by atoms with Crippen LogP contribution in [0, 0.1) is 0 Å². The third-order valence-electron chi connectivity index (χ3n) is 2.80. The number of benzene rings is 1. The largest absolute Gasteiger partial charge is 0.324 e. The molecule has 1 atom stereocenters. The molecule has 0 radical (unpaired) electrons. The normalized spacial score (nSPS) is 17.2. The number of thioether (sulfide) groups is 1. The highest BCUT2D eigenvalue weighted by molar-refractivity contribution is 7.99. The second kappa shape index (κ2) is 5.28. The molecule has 1 aromatic carbocycles. The van der Waals surface area contributed by atoms with Gasteiger partial charge >= 0.3 is 0 Å². The number of hydrogen-bond acceptors (Lipinski definition) is 3. The van der Waals surface area contributed by atoms with Crippen LogP contribution in [0.2, 0.25) is 0 Å². The van der Waals surface area contributed by atoms with E-state index in [2.05, 4.69) is 30.8 Å². The monoisotopic (exact) mass is 239 g/mol. The highest BCUT2D eigenvalue weighted by Gasteiger charge is 2.12.